The van der Waals surface area contributed by atoms with E-state index in [-0.39, 0.29) is 5.82 Å². The van der Waals surface area contributed by atoms with Gasteiger partial charge in [0, 0.05) is 0 Å². The predicted molar refractivity (Wildman–Crippen MR) is 69.5 cm³/mol. The summed E-state index contributed by atoms with van der Waals surface area (Å²) in [6.07, 6.45) is 3.46. The first-order valence-electron chi connectivity index (χ1n) is 6.59. The Kier molecular flexibility index (Phi) is 3.82. The van der Waals surface area contributed by atoms with Crippen LogP contribution in [0.4, 0.5) is 4.39 Å². The quantitative estimate of drug-likeness (QED) is 0.745. The van der Waals surface area contributed by atoms with Gasteiger partial charge in [0.15, 0.2) is 0 Å². The maximum absolute atomic E-state index is 13.1. The van der Waals surface area contributed by atoms with Crippen LogP contribution in [0, 0.1) is 17.2 Å². The molecular weight excluding hydrogens is 213 g/mol. The van der Waals surface area contributed by atoms with Crippen molar-refractivity contribution in [1.29, 1.82) is 0 Å². The van der Waals surface area contributed by atoms with E-state index in [9.17, 15) is 4.39 Å². The smallest absolute Gasteiger partial charge is 0.123 e. The SMILES string of the molecule is CCCNCC1CC1(C)Cc1cccc(F)c1. The predicted octanol–water partition coefficient (Wildman–Crippen LogP) is 3.39. The zero-order chi connectivity index (χ0) is 12.3. The minimum Gasteiger partial charge on any atom is -0.316 e. The van der Waals surface area contributed by atoms with Crippen molar-refractivity contribution in [2.24, 2.45) is 11.3 Å². The van der Waals surface area contributed by atoms with Crippen molar-refractivity contribution in [2.75, 3.05) is 13.1 Å². The van der Waals surface area contributed by atoms with E-state index in [1.807, 2.05) is 6.07 Å². The summed E-state index contributed by atoms with van der Waals surface area (Å²) in [4.78, 5) is 0. The van der Waals surface area contributed by atoms with Gasteiger partial charge in [-0.3, -0.25) is 0 Å². The lowest BCUT2D eigenvalue weighted by atomic mass is 9.96. The molecule has 1 aromatic rings. The molecule has 0 radical (unpaired) electrons. The van der Waals surface area contributed by atoms with Crippen molar-refractivity contribution in [3.05, 3.63) is 35.6 Å². The molecule has 2 heteroatoms. The number of hydrogen-bond acceptors (Lipinski definition) is 1. The van der Waals surface area contributed by atoms with Gasteiger partial charge >= 0.3 is 0 Å². The van der Waals surface area contributed by atoms with Gasteiger partial charge in [-0.05, 0) is 61.4 Å². The minimum atomic E-state index is -0.118. The lowest BCUT2D eigenvalue weighted by molar-refractivity contribution is 0.475. The molecule has 2 atom stereocenters. The minimum absolute atomic E-state index is 0.118. The van der Waals surface area contributed by atoms with Crippen molar-refractivity contribution < 1.29 is 4.39 Å². The molecule has 0 aliphatic heterocycles. The average molecular weight is 235 g/mol. The van der Waals surface area contributed by atoms with Gasteiger partial charge < -0.3 is 5.32 Å². The van der Waals surface area contributed by atoms with Crippen LogP contribution in [0.1, 0.15) is 32.3 Å². The van der Waals surface area contributed by atoms with Crippen LogP contribution in [0.25, 0.3) is 0 Å². The number of hydrogen-bond donors (Lipinski definition) is 1. The monoisotopic (exact) mass is 235 g/mol. The summed E-state index contributed by atoms with van der Waals surface area (Å²) in [5, 5.41) is 3.48. The Hall–Kier alpha value is -0.890. The first-order valence-corrected chi connectivity index (χ1v) is 6.59. The van der Waals surface area contributed by atoms with Crippen LogP contribution >= 0.6 is 0 Å². The normalized spacial score (nSPS) is 27.1. The topological polar surface area (TPSA) is 12.0 Å². The van der Waals surface area contributed by atoms with Crippen molar-refractivity contribution >= 4 is 0 Å². The third-order valence-electron chi connectivity index (χ3n) is 3.85. The highest BCUT2D eigenvalue weighted by molar-refractivity contribution is 5.20. The molecule has 1 nitrogen and oxygen atoms in total. The van der Waals surface area contributed by atoms with Crippen LogP contribution in [0.2, 0.25) is 0 Å². The third-order valence-corrected chi connectivity index (χ3v) is 3.85. The summed E-state index contributed by atoms with van der Waals surface area (Å²) in [6, 6.07) is 7.02. The molecule has 1 saturated carbocycles. The Morgan fingerprint density at radius 3 is 3.00 bits per heavy atom. The summed E-state index contributed by atoms with van der Waals surface area (Å²) < 4.78 is 13.1. The first kappa shape index (κ1) is 12.6. The molecule has 94 valence electrons. The molecule has 0 aromatic heterocycles. The Bertz CT molecular complexity index is 377. The van der Waals surface area contributed by atoms with E-state index in [1.165, 1.54) is 18.9 Å². The Balaban J connectivity index is 1.84. The molecule has 2 unspecified atom stereocenters. The van der Waals surface area contributed by atoms with Gasteiger partial charge in [-0.15, -0.1) is 0 Å². The van der Waals surface area contributed by atoms with Crippen LogP contribution in [0.5, 0.6) is 0 Å². The van der Waals surface area contributed by atoms with Crippen LogP contribution in [-0.2, 0) is 6.42 Å². The summed E-state index contributed by atoms with van der Waals surface area (Å²) >= 11 is 0. The maximum atomic E-state index is 13.1. The van der Waals surface area contributed by atoms with Crippen LogP contribution in [0.15, 0.2) is 24.3 Å². The van der Waals surface area contributed by atoms with Gasteiger partial charge in [-0.1, -0.05) is 26.0 Å². The second-order valence-corrected chi connectivity index (χ2v) is 5.57. The van der Waals surface area contributed by atoms with Crippen molar-refractivity contribution in [3.8, 4) is 0 Å². The lowest BCUT2D eigenvalue weighted by Gasteiger charge is -2.12. The molecular formula is C15H22FN. The molecule has 1 aromatic carbocycles. The Labute approximate surface area is 103 Å². The molecule has 17 heavy (non-hydrogen) atoms. The summed E-state index contributed by atoms with van der Waals surface area (Å²) in [5.74, 6) is 0.643. The van der Waals surface area contributed by atoms with Crippen LogP contribution < -0.4 is 5.32 Å². The highest BCUT2D eigenvalue weighted by Gasteiger charge is 2.48. The van der Waals surface area contributed by atoms with Crippen molar-refractivity contribution in [3.63, 3.8) is 0 Å². The molecule has 2 rings (SSSR count). The molecule has 0 bridgehead atoms. The highest BCUT2D eigenvalue weighted by Crippen LogP contribution is 2.53. The van der Waals surface area contributed by atoms with Crippen molar-refractivity contribution in [2.45, 2.75) is 33.1 Å². The largest absolute Gasteiger partial charge is 0.316 e. The van der Waals surface area contributed by atoms with E-state index >= 15 is 0 Å². The number of benzene rings is 1. The summed E-state index contributed by atoms with van der Waals surface area (Å²) in [6.45, 7) is 6.72. The van der Waals surface area contributed by atoms with E-state index in [1.54, 1.807) is 12.1 Å². The molecule has 0 amide bonds. The van der Waals surface area contributed by atoms with E-state index < -0.39 is 0 Å². The molecule has 1 aliphatic carbocycles. The van der Waals surface area contributed by atoms with Gasteiger partial charge in [0.25, 0.3) is 0 Å². The second-order valence-electron chi connectivity index (χ2n) is 5.57. The van der Waals surface area contributed by atoms with E-state index in [4.69, 9.17) is 0 Å². The first-order chi connectivity index (χ1) is 8.14. The zero-order valence-corrected chi connectivity index (χ0v) is 10.8. The fourth-order valence-corrected chi connectivity index (χ4v) is 2.61. The standard InChI is InChI=1S/C15H22FN/c1-3-7-17-11-13-10-15(13,2)9-12-5-4-6-14(16)8-12/h4-6,8,13,17H,3,7,9-11H2,1-2H3. The van der Waals surface area contributed by atoms with Gasteiger partial charge in [0.2, 0.25) is 0 Å². The lowest BCUT2D eigenvalue weighted by Crippen LogP contribution is -2.20. The molecule has 0 saturated heterocycles. The third kappa shape index (κ3) is 3.29. The Morgan fingerprint density at radius 2 is 2.29 bits per heavy atom. The Morgan fingerprint density at radius 1 is 1.47 bits per heavy atom. The van der Waals surface area contributed by atoms with Crippen LogP contribution in [0.3, 0.4) is 0 Å². The highest BCUT2D eigenvalue weighted by atomic mass is 19.1. The molecule has 1 N–H and O–H groups in total. The molecule has 1 aliphatic rings. The number of rotatable bonds is 6. The van der Waals surface area contributed by atoms with Crippen molar-refractivity contribution in [1.82, 2.24) is 5.32 Å². The number of halogens is 1. The second kappa shape index (κ2) is 5.18. The molecule has 0 spiro atoms. The van der Waals surface area contributed by atoms with Gasteiger partial charge in [-0.2, -0.15) is 0 Å². The fourth-order valence-electron chi connectivity index (χ4n) is 2.61. The molecule has 1 fully saturated rings. The zero-order valence-electron chi connectivity index (χ0n) is 10.8. The van der Waals surface area contributed by atoms with Gasteiger partial charge in [0.05, 0.1) is 0 Å². The maximum Gasteiger partial charge on any atom is 0.123 e. The average Bonchev–Trinajstić information content (AvgIpc) is 2.89. The summed E-state index contributed by atoms with van der Waals surface area (Å²) in [5.41, 5.74) is 1.51. The van der Waals surface area contributed by atoms with E-state index in [0.717, 1.165) is 31.0 Å². The number of nitrogens with one attached hydrogen (secondary N) is 1. The van der Waals surface area contributed by atoms with E-state index in [2.05, 4.69) is 19.2 Å². The summed E-state index contributed by atoms with van der Waals surface area (Å²) in [7, 11) is 0. The fraction of sp³-hybridized carbons (Fsp3) is 0.600. The van der Waals surface area contributed by atoms with E-state index in [0.29, 0.717) is 5.41 Å². The van der Waals surface area contributed by atoms with Crippen LogP contribution in [-0.4, -0.2) is 13.1 Å². The van der Waals surface area contributed by atoms with Gasteiger partial charge in [-0.25, -0.2) is 4.39 Å². The molecule has 0 heterocycles. The van der Waals surface area contributed by atoms with Gasteiger partial charge in [0.1, 0.15) is 5.82 Å².